The fraction of sp³-hybridized carbons (Fsp3) is 0.316. The van der Waals surface area contributed by atoms with E-state index < -0.39 is 0 Å². The van der Waals surface area contributed by atoms with Gasteiger partial charge in [0, 0.05) is 30.3 Å². The molecule has 1 N–H and O–H groups in total. The molecule has 7 heteroatoms. The van der Waals surface area contributed by atoms with Gasteiger partial charge in [-0.15, -0.1) is 10.2 Å². The highest BCUT2D eigenvalue weighted by Crippen LogP contribution is 2.23. The zero-order valence-electron chi connectivity index (χ0n) is 14.3. The first kappa shape index (κ1) is 17.0. The van der Waals surface area contributed by atoms with Crippen molar-refractivity contribution in [3.8, 4) is 0 Å². The number of carbonyl (C=O) groups excluding carboxylic acids is 1. The average Bonchev–Trinajstić information content (AvgIpc) is 3.11. The van der Waals surface area contributed by atoms with Crippen molar-refractivity contribution in [2.24, 2.45) is 5.92 Å². The van der Waals surface area contributed by atoms with Crippen molar-refractivity contribution in [1.82, 2.24) is 19.9 Å². The molecule has 0 aliphatic carbocycles. The molecule has 1 aromatic carbocycles. The first-order valence-electron chi connectivity index (χ1n) is 8.78. The van der Waals surface area contributed by atoms with Gasteiger partial charge in [-0.05, 0) is 36.6 Å². The van der Waals surface area contributed by atoms with Gasteiger partial charge in [-0.25, -0.2) is 0 Å². The molecular formula is C19H20BrN5O. The molecule has 4 rings (SSSR count). The molecule has 0 radical (unpaired) electrons. The second-order valence-corrected chi connectivity index (χ2v) is 7.38. The summed E-state index contributed by atoms with van der Waals surface area (Å²) in [7, 11) is 0. The number of pyridine rings is 1. The van der Waals surface area contributed by atoms with Crippen LogP contribution in [0.15, 0.2) is 53.1 Å². The van der Waals surface area contributed by atoms with E-state index in [4.69, 9.17) is 0 Å². The molecule has 6 nitrogen and oxygen atoms in total. The van der Waals surface area contributed by atoms with E-state index in [2.05, 4.69) is 36.3 Å². The molecule has 1 unspecified atom stereocenters. The maximum Gasteiger partial charge on any atom is 0.231 e. The summed E-state index contributed by atoms with van der Waals surface area (Å²) in [6, 6.07) is 13.8. The Hall–Kier alpha value is -2.41. The van der Waals surface area contributed by atoms with Crippen molar-refractivity contribution in [2.45, 2.75) is 19.4 Å². The number of benzene rings is 1. The van der Waals surface area contributed by atoms with Gasteiger partial charge in [0.1, 0.15) is 0 Å². The van der Waals surface area contributed by atoms with Crippen LogP contribution in [-0.2, 0) is 11.3 Å². The molecule has 1 atom stereocenters. The number of nitrogens with one attached hydrogen (secondary N) is 1. The summed E-state index contributed by atoms with van der Waals surface area (Å²) in [5.74, 6) is 0.866. The van der Waals surface area contributed by atoms with E-state index >= 15 is 0 Å². The number of hydrogen-bond acceptors (Lipinski definition) is 4. The Balaban J connectivity index is 1.43. The lowest BCUT2D eigenvalue weighted by atomic mass is 9.97. The van der Waals surface area contributed by atoms with Gasteiger partial charge >= 0.3 is 0 Å². The van der Waals surface area contributed by atoms with Crippen molar-refractivity contribution in [1.29, 1.82) is 0 Å². The van der Waals surface area contributed by atoms with Crippen molar-refractivity contribution < 1.29 is 4.79 Å². The molecule has 0 saturated carbocycles. The number of rotatable bonds is 4. The summed E-state index contributed by atoms with van der Waals surface area (Å²) in [4.78, 5) is 14.8. The fourth-order valence-electron chi connectivity index (χ4n) is 3.39. The lowest BCUT2D eigenvalue weighted by Crippen LogP contribution is -2.43. The SMILES string of the molecule is O=C(NCc1ccccc1Br)C1CCCN(c2nnc3ccccn23)C1. The molecule has 1 aliphatic rings. The minimum absolute atomic E-state index is 0.0395. The lowest BCUT2D eigenvalue weighted by Gasteiger charge is -2.32. The summed E-state index contributed by atoms with van der Waals surface area (Å²) in [5, 5.41) is 11.6. The van der Waals surface area contributed by atoms with Crippen LogP contribution >= 0.6 is 15.9 Å². The maximum absolute atomic E-state index is 12.7. The lowest BCUT2D eigenvalue weighted by molar-refractivity contribution is -0.125. The summed E-state index contributed by atoms with van der Waals surface area (Å²) < 4.78 is 2.99. The second kappa shape index (κ2) is 7.45. The minimum atomic E-state index is -0.0395. The number of fused-ring (bicyclic) bond motifs is 1. The van der Waals surface area contributed by atoms with Crippen LogP contribution in [0, 0.1) is 5.92 Å². The van der Waals surface area contributed by atoms with Gasteiger partial charge in [0.15, 0.2) is 5.65 Å². The molecule has 1 amide bonds. The molecular weight excluding hydrogens is 394 g/mol. The molecule has 2 aromatic heterocycles. The molecule has 1 fully saturated rings. The van der Waals surface area contributed by atoms with Gasteiger partial charge in [-0.3, -0.25) is 9.20 Å². The molecule has 3 heterocycles. The van der Waals surface area contributed by atoms with Gasteiger partial charge in [0.05, 0.1) is 5.92 Å². The summed E-state index contributed by atoms with van der Waals surface area (Å²) in [6.45, 7) is 2.09. The summed E-state index contributed by atoms with van der Waals surface area (Å²) >= 11 is 3.52. The smallest absolute Gasteiger partial charge is 0.231 e. The highest BCUT2D eigenvalue weighted by Gasteiger charge is 2.28. The average molecular weight is 414 g/mol. The predicted octanol–water partition coefficient (Wildman–Crippen LogP) is 3.02. The standard InChI is InChI=1S/C19H20BrN5O/c20-16-8-2-1-6-14(16)12-21-18(26)15-7-5-10-24(13-15)19-23-22-17-9-3-4-11-25(17)19/h1-4,6,8-9,11,15H,5,7,10,12-13H2,(H,21,26). The largest absolute Gasteiger partial charge is 0.352 e. The van der Waals surface area contributed by atoms with Crippen LogP contribution in [0.2, 0.25) is 0 Å². The summed E-state index contributed by atoms with van der Waals surface area (Å²) in [6.07, 6.45) is 3.82. The van der Waals surface area contributed by atoms with Crippen LogP contribution in [-0.4, -0.2) is 33.6 Å². The number of piperidine rings is 1. The fourth-order valence-corrected chi connectivity index (χ4v) is 3.81. The Morgan fingerprint density at radius 3 is 2.92 bits per heavy atom. The Kier molecular flexibility index (Phi) is 4.88. The van der Waals surface area contributed by atoms with Crippen LogP contribution in [0.4, 0.5) is 5.95 Å². The number of hydrogen-bond donors (Lipinski definition) is 1. The number of halogens is 1. The van der Waals surface area contributed by atoms with Gasteiger partial charge < -0.3 is 10.2 Å². The van der Waals surface area contributed by atoms with Gasteiger partial charge in [-0.1, -0.05) is 40.2 Å². The van der Waals surface area contributed by atoms with E-state index in [-0.39, 0.29) is 11.8 Å². The first-order chi connectivity index (χ1) is 12.7. The number of carbonyl (C=O) groups is 1. The van der Waals surface area contributed by atoms with E-state index in [1.165, 1.54) is 0 Å². The van der Waals surface area contributed by atoms with Crippen molar-refractivity contribution in [3.63, 3.8) is 0 Å². The van der Waals surface area contributed by atoms with Crippen LogP contribution in [0.25, 0.3) is 5.65 Å². The monoisotopic (exact) mass is 413 g/mol. The molecule has 3 aromatic rings. The quantitative estimate of drug-likeness (QED) is 0.713. The third-order valence-corrected chi connectivity index (χ3v) is 5.56. The summed E-state index contributed by atoms with van der Waals surface area (Å²) in [5.41, 5.74) is 1.90. The first-order valence-corrected chi connectivity index (χ1v) is 9.57. The Bertz CT molecular complexity index is 925. The van der Waals surface area contributed by atoms with Gasteiger partial charge in [0.25, 0.3) is 0 Å². The van der Waals surface area contributed by atoms with Crippen molar-refractivity contribution >= 4 is 33.4 Å². The topological polar surface area (TPSA) is 62.5 Å². The van der Waals surface area contributed by atoms with E-state index in [0.717, 1.165) is 41.0 Å². The number of anilines is 1. The third kappa shape index (κ3) is 3.44. The normalized spacial score (nSPS) is 17.4. The zero-order valence-corrected chi connectivity index (χ0v) is 15.9. The van der Waals surface area contributed by atoms with Crippen LogP contribution < -0.4 is 10.2 Å². The predicted molar refractivity (Wildman–Crippen MR) is 104 cm³/mol. The number of nitrogens with zero attached hydrogens (tertiary/aromatic N) is 4. The molecule has 1 saturated heterocycles. The second-order valence-electron chi connectivity index (χ2n) is 6.52. The minimum Gasteiger partial charge on any atom is -0.352 e. The molecule has 1 aliphatic heterocycles. The Labute approximate surface area is 160 Å². The van der Waals surface area contributed by atoms with Gasteiger partial charge in [0.2, 0.25) is 11.9 Å². The highest BCUT2D eigenvalue weighted by molar-refractivity contribution is 9.10. The van der Waals surface area contributed by atoms with Crippen molar-refractivity contribution in [2.75, 3.05) is 18.0 Å². The highest BCUT2D eigenvalue weighted by atomic mass is 79.9. The molecule has 0 bridgehead atoms. The number of amides is 1. The third-order valence-electron chi connectivity index (χ3n) is 4.78. The van der Waals surface area contributed by atoms with Crippen molar-refractivity contribution in [3.05, 3.63) is 58.7 Å². The Morgan fingerprint density at radius 2 is 2.04 bits per heavy atom. The van der Waals surface area contributed by atoms with E-state index in [9.17, 15) is 4.79 Å². The van der Waals surface area contributed by atoms with E-state index in [1.54, 1.807) is 0 Å². The molecule has 0 spiro atoms. The van der Waals surface area contributed by atoms with Gasteiger partial charge in [-0.2, -0.15) is 0 Å². The zero-order chi connectivity index (χ0) is 17.9. The van der Waals surface area contributed by atoms with E-state index in [1.807, 2.05) is 53.1 Å². The maximum atomic E-state index is 12.7. The van der Waals surface area contributed by atoms with Crippen LogP contribution in [0.1, 0.15) is 18.4 Å². The molecule has 26 heavy (non-hydrogen) atoms. The molecule has 134 valence electrons. The Morgan fingerprint density at radius 1 is 1.19 bits per heavy atom. The van der Waals surface area contributed by atoms with E-state index in [0.29, 0.717) is 13.1 Å². The van der Waals surface area contributed by atoms with Crippen LogP contribution in [0.3, 0.4) is 0 Å². The number of aromatic nitrogens is 3. The van der Waals surface area contributed by atoms with Crippen LogP contribution in [0.5, 0.6) is 0 Å².